The van der Waals surface area contributed by atoms with Crippen LogP contribution in [-0.4, -0.2) is 10.9 Å². The summed E-state index contributed by atoms with van der Waals surface area (Å²) in [5.74, 6) is -0.700. The van der Waals surface area contributed by atoms with Crippen molar-refractivity contribution in [3.05, 3.63) is 67.7 Å². The Kier molecular flexibility index (Phi) is 4.85. The molecule has 0 aromatic heterocycles. The molecule has 6 nitrogen and oxygen atoms in total. The molecule has 114 valence electrons. The van der Waals surface area contributed by atoms with Gasteiger partial charge in [0.1, 0.15) is 12.3 Å². The molecule has 0 radical (unpaired) electrons. The molecule has 0 spiro atoms. The number of benzene rings is 2. The zero-order valence-electron chi connectivity index (χ0n) is 11.1. The van der Waals surface area contributed by atoms with Gasteiger partial charge in [-0.1, -0.05) is 29.3 Å². The van der Waals surface area contributed by atoms with Gasteiger partial charge in [0.2, 0.25) is 0 Å². The van der Waals surface area contributed by atoms with Crippen LogP contribution in [0.1, 0.15) is 15.9 Å². The number of carbonyl (C=O) groups is 1. The zero-order chi connectivity index (χ0) is 16.3. The molecule has 0 saturated heterocycles. The lowest BCUT2D eigenvalue weighted by Crippen LogP contribution is -2.07. The molecule has 0 heterocycles. The van der Waals surface area contributed by atoms with Gasteiger partial charge in [-0.05, 0) is 29.8 Å². The van der Waals surface area contributed by atoms with Gasteiger partial charge in [0.15, 0.2) is 0 Å². The van der Waals surface area contributed by atoms with E-state index in [-0.39, 0.29) is 23.5 Å². The van der Waals surface area contributed by atoms with Crippen molar-refractivity contribution in [3.8, 4) is 0 Å². The second-order valence-electron chi connectivity index (χ2n) is 4.36. The van der Waals surface area contributed by atoms with Crippen molar-refractivity contribution in [2.24, 2.45) is 0 Å². The van der Waals surface area contributed by atoms with Crippen LogP contribution in [0.3, 0.4) is 0 Å². The maximum absolute atomic E-state index is 11.9. The van der Waals surface area contributed by atoms with Gasteiger partial charge in [0.05, 0.1) is 20.5 Å². The van der Waals surface area contributed by atoms with Crippen LogP contribution < -0.4 is 5.73 Å². The summed E-state index contributed by atoms with van der Waals surface area (Å²) in [6.45, 7) is -0.0338. The van der Waals surface area contributed by atoms with E-state index < -0.39 is 10.9 Å². The van der Waals surface area contributed by atoms with E-state index >= 15 is 0 Å². The first kappa shape index (κ1) is 16.1. The molecule has 0 atom stereocenters. The largest absolute Gasteiger partial charge is 0.457 e. The molecule has 0 aliphatic carbocycles. The van der Waals surface area contributed by atoms with Gasteiger partial charge in [0.25, 0.3) is 5.69 Å². The lowest BCUT2D eigenvalue weighted by Gasteiger charge is -2.06. The molecule has 0 saturated carbocycles. The lowest BCUT2D eigenvalue weighted by molar-refractivity contribution is -0.383. The molecule has 8 heteroatoms. The van der Waals surface area contributed by atoms with Crippen LogP contribution in [0.2, 0.25) is 10.0 Å². The summed E-state index contributed by atoms with van der Waals surface area (Å²) in [6.07, 6.45) is 0. The first-order valence-electron chi connectivity index (χ1n) is 6.03. The SMILES string of the molecule is Nc1ccc(C(=O)OCc2ccc(Cl)c(Cl)c2)cc1[N+](=O)[O-]. The van der Waals surface area contributed by atoms with Crippen molar-refractivity contribution in [1.82, 2.24) is 0 Å². The Morgan fingerprint density at radius 1 is 1.18 bits per heavy atom. The summed E-state index contributed by atoms with van der Waals surface area (Å²) in [5, 5.41) is 11.5. The maximum Gasteiger partial charge on any atom is 0.338 e. The summed E-state index contributed by atoms with van der Waals surface area (Å²) in [5.41, 5.74) is 5.79. The van der Waals surface area contributed by atoms with Crippen LogP contribution in [0.5, 0.6) is 0 Å². The third-order valence-corrected chi connectivity index (χ3v) is 3.56. The quantitative estimate of drug-likeness (QED) is 0.394. The molecule has 2 aromatic carbocycles. The molecule has 2 rings (SSSR count). The van der Waals surface area contributed by atoms with Crippen LogP contribution in [0, 0.1) is 10.1 Å². The molecule has 0 unspecified atom stereocenters. The Morgan fingerprint density at radius 2 is 1.91 bits per heavy atom. The number of hydrogen-bond acceptors (Lipinski definition) is 5. The Balaban J connectivity index is 2.10. The van der Waals surface area contributed by atoms with Gasteiger partial charge < -0.3 is 10.5 Å². The number of anilines is 1. The standard InChI is InChI=1S/C14H10Cl2N2O4/c15-10-3-1-8(5-11(10)16)7-22-14(19)9-2-4-12(17)13(6-9)18(20)21/h1-6H,7,17H2. The minimum atomic E-state index is -0.700. The number of carbonyl (C=O) groups excluding carboxylic acids is 1. The Labute approximate surface area is 135 Å². The highest BCUT2D eigenvalue weighted by atomic mass is 35.5. The molecule has 22 heavy (non-hydrogen) atoms. The minimum absolute atomic E-state index is 0.0222. The lowest BCUT2D eigenvalue weighted by atomic mass is 10.2. The molecule has 0 fully saturated rings. The summed E-state index contributed by atoms with van der Waals surface area (Å²) in [7, 11) is 0. The monoisotopic (exact) mass is 340 g/mol. The molecular formula is C14H10Cl2N2O4. The molecule has 2 aromatic rings. The highest BCUT2D eigenvalue weighted by Crippen LogP contribution is 2.24. The van der Waals surface area contributed by atoms with Crippen LogP contribution in [0.15, 0.2) is 36.4 Å². The molecule has 2 N–H and O–H groups in total. The number of hydrogen-bond donors (Lipinski definition) is 1. The number of halogens is 2. The van der Waals surface area contributed by atoms with Crippen molar-refractivity contribution < 1.29 is 14.5 Å². The number of ether oxygens (including phenoxy) is 1. The van der Waals surface area contributed by atoms with Gasteiger partial charge in [-0.3, -0.25) is 10.1 Å². The van der Waals surface area contributed by atoms with Crippen molar-refractivity contribution in [3.63, 3.8) is 0 Å². The van der Waals surface area contributed by atoms with Gasteiger partial charge in [-0.25, -0.2) is 4.79 Å². The Bertz CT molecular complexity index is 750. The van der Waals surface area contributed by atoms with Crippen LogP contribution >= 0.6 is 23.2 Å². The Morgan fingerprint density at radius 3 is 2.55 bits per heavy atom. The second kappa shape index (κ2) is 6.64. The first-order valence-corrected chi connectivity index (χ1v) is 6.79. The van der Waals surface area contributed by atoms with Gasteiger partial charge in [0, 0.05) is 6.07 Å². The fraction of sp³-hybridized carbons (Fsp3) is 0.0714. The number of esters is 1. The predicted octanol–water partition coefficient (Wildman–Crippen LogP) is 3.84. The highest BCUT2D eigenvalue weighted by Gasteiger charge is 2.16. The summed E-state index contributed by atoms with van der Waals surface area (Å²) >= 11 is 11.6. The molecule has 0 amide bonds. The van der Waals surface area contributed by atoms with E-state index in [1.165, 1.54) is 12.1 Å². The summed E-state index contributed by atoms with van der Waals surface area (Å²) in [4.78, 5) is 22.0. The first-order chi connectivity index (χ1) is 10.4. The maximum atomic E-state index is 11.9. The van der Waals surface area contributed by atoms with Crippen molar-refractivity contribution in [1.29, 1.82) is 0 Å². The van der Waals surface area contributed by atoms with Crippen molar-refractivity contribution in [2.75, 3.05) is 5.73 Å². The van der Waals surface area contributed by atoms with E-state index in [9.17, 15) is 14.9 Å². The number of nitrogen functional groups attached to an aromatic ring is 1. The molecular weight excluding hydrogens is 331 g/mol. The van der Waals surface area contributed by atoms with E-state index in [4.69, 9.17) is 33.7 Å². The number of rotatable bonds is 4. The number of nitrogens with two attached hydrogens (primary N) is 1. The van der Waals surface area contributed by atoms with E-state index in [1.807, 2.05) is 0 Å². The van der Waals surface area contributed by atoms with E-state index in [1.54, 1.807) is 18.2 Å². The fourth-order valence-corrected chi connectivity index (χ4v) is 2.01. The average molecular weight is 341 g/mol. The number of nitrogens with zero attached hydrogens (tertiary/aromatic N) is 1. The van der Waals surface area contributed by atoms with Crippen LogP contribution in [-0.2, 0) is 11.3 Å². The normalized spacial score (nSPS) is 10.3. The molecule has 0 aliphatic heterocycles. The van der Waals surface area contributed by atoms with E-state index in [0.717, 1.165) is 6.07 Å². The minimum Gasteiger partial charge on any atom is -0.457 e. The smallest absolute Gasteiger partial charge is 0.338 e. The number of nitro benzene ring substituents is 1. The number of nitro groups is 1. The summed E-state index contributed by atoms with van der Waals surface area (Å²) < 4.78 is 5.08. The second-order valence-corrected chi connectivity index (χ2v) is 5.17. The van der Waals surface area contributed by atoms with Crippen LogP contribution in [0.25, 0.3) is 0 Å². The van der Waals surface area contributed by atoms with E-state index in [2.05, 4.69) is 0 Å². The van der Waals surface area contributed by atoms with E-state index in [0.29, 0.717) is 15.6 Å². The van der Waals surface area contributed by atoms with Crippen molar-refractivity contribution in [2.45, 2.75) is 6.61 Å². The molecule has 0 aliphatic rings. The zero-order valence-corrected chi connectivity index (χ0v) is 12.6. The Hall–Kier alpha value is -2.31. The third kappa shape index (κ3) is 3.66. The summed E-state index contributed by atoms with van der Waals surface area (Å²) in [6, 6.07) is 8.54. The fourth-order valence-electron chi connectivity index (χ4n) is 1.69. The van der Waals surface area contributed by atoms with Gasteiger partial charge >= 0.3 is 5.97 Å². The van der Waals surface area contributed by atoms with Gasteiger partial charge in [-0.2, -0.15) is 0 Å². The van der Waals surface area contributed by atoms with Crippen molar-refractivity contribution >= 4 is 40.5 Å². The molecule has 0 bridgehead atoms. The highest BCUT2D eigenvalue weighted by molar-refractivity contribution is 6.42. The predicted molar refractivity (Wildman–Crippen MR) is 83.1 cm³/mol. The van der Waals surface area contributed by atoms with Crippen LogP contribution in [0.4, 0.5) is 11.4 Å². The van der Waals surface area contributed by atoms with Gasteiger partial charge in [-0.15, -0.1) is 0 Å². The third-order valence-electron chi connectivity index (χ3n) is 2.82. The average Bonchev–Trinajstić information content (AvgIpc) is 2.48. The topological polar surface area (TPSA) is 95.5 Å².